The second-order valence-electron chi connectivity index (χ2n) is 4.77. The Morgan fingerprint density at radius 2 is 2.17 bits per heavy atom. The maximum Gasteiger partial charge on any atom is 0.254 e. The highest BCUT2D eigenvalue weighted by Crippen LogP contribution is 2.27. The van der Waals surface area contributed by atoms with E-state index in [-0.39, 0.29) is 11.9 Å². The van der Waals surface area contributed by atoms with Crippen LogP contribution in [0.5, 0.6) is 0 Å². The molecule has 98 valence electrons. The average Bonchev–Trinajstić information content (AvgIpc) is 2.73. The third-order valence-electron chi connectivity index (χ3n) is 3.42. The van der Waals surface area contributed by atoms with Gasteiger partial charge < -0.3 is 10.6 Å². The third-order valence-corrected chi connectivity index (χ3v) is 4.16. The first kappa shape index (κ1) is 13.7. The number of likely N-dealkylation sites (tertiary alicyclic amines) is 1. The zero-order valence-corrected chi connectivity index (χ0v) is 11.7. The van der Waals surface area contributed by atoms with Crippen molar-refractivity contribution < 1.29 is 4.79 Å². The molecule has 2 rings (SSSR count). The van der Waals surface area contributed by atoms with Gasteiger partial charge >= 0.3 is 0 Å². The molecular weight excluding hydrogens is 271 g/mol. The lowest BCUT2D eigenvalue weighted by Gasteiger charge is -2.21. The molecule has 2 atom stereocenters. The molecule has 0 saturated carbocycles. The van der Waals surface area contributed by atoms with Gasteiger partial charge in [-0.05, 0) is 44.0 Å². The zero-order chi connectivity index (χ0) is 13.3. The molecule has 2 N–H and O–H groups in total. The molecule has 1 saturated heterocycles. The van der Waals surface area contributed by atoms with E-state index in [1.165, 1.54) is 0 Å². The lowest BCUT2D eigenvalue weighted by atomic mass is 10.1. The summed E-state index contributed by atoms with van der Waals surface area (Å²) in [5.41, 5.74) is 6.24. The first-order valence-electron chi connectivity index (χ1n) is 5.99. The fraction of sp³-hybridized carbons (Fsp3) is 0.462. The molecule has 1 aliphatic heterocycles. The molecule has 0 aromatic heterocycles. The van der Waals surface area contributed by atoms with Gasteiger partial charge in [-0.25, -0.2) is 0 Å². The van der Waals surface area contributed by atoms with Gasteiger partial charge in [-0.3, -0.25) is 4.79 Å². The molecule has 1 aromatic rings. The quantitative estimate of drug-likeness (QED) is 0.909. The van der Waals surface area contributed by atoms with E-state index in [0.29, 0.717) is 28.1 Å². The van der Waals surface area contributed by atoms with Gasteiger partial charge in [0.05, 0.1) is 10.0 Å². The highest BCUT2D eigenvalue weighted by molar-refractivity contribution is 6.42. The minimum Gasteiger partial charge on any atom is -0.336 e. The molecule has 1 aromatic carbocycles. The van der Waals surface area contributed by atoms with Gasteiger partial charge in [-0.1, -0.05) is 23.2 Å². The Hall–Kier alpha value is -0.770. The van der Waals surface area contributed by atoms with Crippen molar-refractivity contribution in [1.82, 2.24) is 4.90 Å². The van der Waals surface area contributed by atoms with E-state index in [1.54, 1.807) is 18.2 Å². The van der Waals surface area contributed by atoms with Crippen LogP contribution in [0, 0.1) is 5.92 Å². The maximum absolute atomic E-state index is 12.4. The first-order chi connectivity index (χ1) is 8.52. The summed E-state index contributed by atoms with van der Waals surface area (Å²) in [5.74, 6) is 0.392. The summed E-state index contributed by atoms with van der Waals surface area (Å²) in [7, 11) is 0. The number of benzene rings is 1. The maximum atomic E-state index is 12.4. The van der Waals surface area contributed by atoms with Crippen molar-refractivity contribution in [3.8, 4) is 0 Å². The van der Waals surface area contributed by atoms with Crippen molar-refractivity contribution in [3.05, 3.63) is 33.8 Å². The number of nitrogens with zero attached hydrogens (tertiary/aromatic N) is 1. The van der Waals surface area contributed by atoms with Crippen LogP contribution in [-0.4, -0.2) is 29.9 Å². The minimum atomic E-state index is -0.00276. The molecule has 0 spiro atoms. The molecule has 1 heterocycles. The van der Waals surface area contributed by atoms with Crippen LogP contribution in [0.4, 0.5) is 0 Å². The number of hydrogen-bond donors (Lipinski definition) is 1. The summed E-state index contributed by atoms with van der Waals surface area (Å²) in [6.45, 7) is 3.39. The predicted molar refractivity (Wildman–Crippen MR) is 74.1 cm³/mol. The highest BCUT2D eigenvalue weighted by Gasteiger charge is 2.32. The summed E-state index contributed by atoms with van der Waals surface area (Å²) in [6.07, 6.45) is 0.962. The molecule has 3 nitrogen and oxygen atoms in total. The number of nitrogens with two attached hydrogens (primary N) is 1. The predicted octanol–water partition coefficient (Wildman–Crippen LogP) is 2.80. The monoisotopic (exact) mass is 286 g/mol. The largest absolute Gasteiger partial charge is 0.336 e. The lowest BCUT2D eigenvalue weighted by Crippen LogP contribution is -2.34. The topological polar surface area (TPSA) is 46.3 Å². The van der Waals surface area contributed by atoms with Crippen LogP contribution < -0.4 is 5.73 Å². The Kier molecular flexibility index (Phi) is 4.15. The van der Waals surface area contributed by atoms with Crippen LogP contribution in [0.25, 0.3) is 0 Å². The molecule has 5 heteroatoms. The van der Waals surface area contributed by atoms with Gasteiger partial charge in [0.1, 0.15) is 0 Å². The Labute approximate surface area is 117 Å². The normalized spacial score (nSPS) is 23.4. The summed E-state index contributed by atoms with van der Waals surface area (Å²) in [6, 6.07) is 5.20. The zero-order valence-electron chi connectivity index (χ0n) is 10.2. The summed E-state index contributed by atoms with van der Waals surface area (Å²) < 4.78 is 0. The van der Waals surface area contributed by atoms with E-state index in [2.05, 4.69) is 0 Å². The van der Waals surface area contributed by atoms with Crippen LogP contribution in [0.1, 0.15) is 23.7 Å². The van der Waals surface area contributed by atoms with Crippen LogP contribution in [0.3, 0.4) is 0 Å². The Balaban J connectivity index is 2.18. The number of hydrogen-bond acceptors (Lipinski definition) is 2. The average molecular weight is 287 g/mol. The van der Waals surface area contributed by atoms with Crippen molar-refractivity contribution in [2.24, 2.45) is 11.7 Å². The van der Waals surface area contributed by atoms with Crippen LogP contribution >= 0.6 is 23.2 Å². The Morgan fingerprint density at radius 1 is 1.44 bits per heavy atom. The summed E-state index contributed by atoms with van der Waals surface area (Å²) >= 11 is 11.8. The second kappa shape index (κ2) is 5.47. The SMILES string of the molecule is CC1CC(CN)CN1C(=O)c1ccc(Cl)c(Cl)c1. The smallest absolute Gasteiger partial charge is 0.254 e. The standard InChI is InChI=1S/C13H16Cl2N2O/c1-8-4-9(6-16)7-17(8)13(18)10-2-3-11(14)12(15)5-10/h2-3,5,8-9H,4,6-7,16H2,1H3. The van der Waals surface area contributed by atoms with Crippen molar-refractivity contribution in [3.63, 3.8) is 0 Å². The molecule has 0 aliphatic carbocycles. The molecule has 1 amide bonds. The second-order valence-corrected chi connectivity index (χ2v) is 5.59. The van der Waals surface area contributed by atoms with Gasteiger partial charge in [0.15, 0.2) is 0 Å². The van der Waals surface area contributed by atoms with Gasteiger partial charge in [0.25, 0.3) is 5.91 Å². The van der Waals surface area contributed by atoms with Gasteiger partial charge in [-0.15, -0.1) is 0 Å². The van der Waals surface area contributed by atoms with Gasteiger partial charge in [0, 0.05) is 18.2 Å². The fourth-order valence-electron chi connectivity index (χ4n) is 2.39. The molecule has 0 bridgehead atoms. The van der Waals surface area contributed by atoms with Crippen molar-refractivity contribution in [2.75, 3.05) is 13.1 Å². The number of amides is 1. The molecule has 0 radical (unpaired) electrons. The Bertz CT molecular complexity index is 464. The summed E-state index contributed by atoms with van der Waals surface area (Å²) in [5, 5.41) is 0.868. The molecule has 2 unspecified atom stereocenters. The number of halogens is 2. The van der Waals surface area contributed by atoms with E-state index in [0.717, 1.165) is 13.0 Å². The molecular formula is C13H16Cl2N2O. The number of rotatable bonds is 2. The first-order valence-corrected chi connectivity index (χ1v) is 6.74. The lowest BCUT2D eigenvalue weighted by molar-refractivity contribution is 0.0743. The number of carbonyl (C=O) groups excluding carboxylic acids is 1. The van der Waals surface area contributed by atoms with Gasteiger partial charge in [0.2, 0.25) is 0 Å². The summed E-state index contributed by atoms with van der Waals surface area (Å²) in [4.78, 5) is 14.2. The third kappa shape index (κ3) is 2.63. The van der Waals surface area contributed by atoms with E-state index >= 15 is 0 Å². The van der Waals surface area contributed by atoms with Crippen molar-refractivity contribution in [1.29, 1.82) is 0 Å². The highest BCUT2D eigenvalue weighted by atomic mass is 35.5. The molecule has 1 fully saturated rings. The molecule has 18 heavy (non-hydrogen) atoms. The van der Waals surface area contributed by atoms with E-state index in [9.17, 15) is 4.79 Å². The van der Waals surface area contributed by atoms with Crippen LogP contribution in [0.15, 0.2) is 18.2 Å². The van der Waals surface area contributed by atoms with Crippen molar-refractivity contribution >= 4 is 29.1 Å². The number of carbonyl (C=O) groups is 1. The van der Waals surface area contributed by atoms with Crippen LogP contribution in [-0.2, 0) is 0 Å². The van der Waals surface area contributed by atoms with E-state index < -0.39 is 0 Å². The minimum absolute atomic E-state index is 0.00276. The van der Waals surface area contributed by atoms with Gasteiger partial charge in [-0.2, -0.15) is 0 Å². The Morgan fingerprint density at radius 3 is 2.72 bits per heavy atom. The van der Waals surface area contributed by atoms with E-state index in [1.807, 2.05) is 11.8 Å². The van der Waals surface area contributed by atoms with E-state index in [4.69, 9.17) is 28.9 Å². The molecule has 1 aliphatic rings. The van der Waals surface area contributed by atoms with Crippen LogP contribution in [0.2, 0.25) is 10.0 Å². The van der Waals surface area contributed by atoms with Crippen molar-refractivity contribution in [2.45, 2.75) is 19.4 Å². The fourth-order valence-corrected chi connectivity index (χ4v) is 2.69.